The molecular formula is C10H10F4O2. The van der Waals surface area contributed by atoms with Crippen LogP contribution in [0.3, 0.4) is 0 Å². The first-order chi connectivity index (χ1) is 7.30. The highest BCUT2D eigenvalue weighted by Gasteiger charge is 2.38. The predicted octanol–water partition coefficient (Wildman–Crippen LogP) is 2.44. The number of hydrogen-bond donors (Lipinski definition) is 1. The third-order valence-electron chi connectivity index (χ3n) is 1.93. The van der Waals surface area contributed by atoms with Crippen LogP contribution in [-0.2, 0) is 0 Å². The van der Waals surface area contributed by atoms with Crippen LogP contribution in [0.2, 0.25) is 0 Å². The molecular weight excluding hydrogens is 228 g/mol. The van der Waals surface area contributed by atoms with E-state index in [0.29, 0.717) is 5.56 Å². The van der Waals surface area contributed by atoms with Crippen LogP contribution in [0.25, 0.3) is 0 Å². The maximum Gasteiger partial charge on any atom is 0.417 e. The van der Waals surface area contributed by atoms with E-state index >= 15 is 0 Å². The molecule has 0 spiro atoms. The molecule has 0 radical (unpaired) electrons. The average Bonchev–Trinajstić information content (AvgIpc) is 2.18. The summed E-state index contributed by atoms with van der Waals surface area (Å²) in [7, 11) is 0. The van der Waals surface area contributed by atoms with Crippen LogP contribution in [0, 0.1) is 12.7 Å². The molecule has 2 nitrogen and oxygen atoms in total. The summed E-state index contributed by atoms with van der Waals surface area (Å²) in [6, 6.07) is 3.69. The fourth-order valence-electron chi connectivity index (χ4n) is 0.933. The van der Waals surface area contributed by atoms with Crippen LogP contribution in [0.5, 0.6) is 5.75 Å². The SMILES string of the molecule is Cc1ccc(OCC(O)C(F)(F)F)cc1F. The van der Waals surface area contributed by atoms with Crippen molar-refractivity contribution in [2.24, 2.45) is 0 Å². The molecule has 0 aliphatic rings. The molecule has 0 saturated heterocycles. The Morgan fingerprint density at radius 3 is 2.50 bits per heavy atom. The minimum absolute atomic E-state index is 0.0496. The van der Waals surface area contributed by atoms with Gasteiger partial charge in [0.15, 0.2) is 6.10 Å². The monoisotopic (exact) mass is 238 g/mol. The van der Waals surface area contributed by atoms with Crippen molar-refractivity contribution >= 4 is 0 Å². The molecule has 0 saturated carbocycles. The first kappa shape index (κ1) is 12.8. The molecule has 0 amide bonds. The van der Waals surface area contributed by atoms with Crippen molar-refractivity contribution in [1.82, 2.24) is 0 Å². The van der Waals surface area contributed by atoms with Gasteiger partial charge in [0.25, 0.3) is 0 Å². The van der Waals surface area contributed by atoms with Gasteiger partial charge < -0.3 is 9.84 Å². The molecule has 0 fully saturated rings. The van der Waals surface area contributed by atoms with Crippen LogP contribution in [0.4, 0.5) is 17.6 Å². The van der Waals surface area contributed by atoms with Crippen molar-refractivity contribution in [2.45, 2.75) is 19.2 Å². The van der Waals surface area contributed by atoms with E-state index in [4.69, 9.17) is 5.11 Å². The van der Waals surface area contributed by atoms with Gasteiger partial charge in [-0.3, -0.25) is 0 Å². The van der Waals surface area contributed by atoms with Crippen LogP contribution >= 0.6 is 0 Å². The Hall–Kier alpha value is -1.30. The largest absolute Gasteiger partial charge is 0.490 e. The second-order valence-corrected chi connectivity index (χ2v) is 3.28. The van der Waals surface area contributed by atoms with Crippen molar-refractivity contribution in [3.8, 4) is 5.75 Å². The highest BCUT2D eigenvalue weighted by Crippen LogP contribution is 2.22. The number of aryl methyl sites for hydroxylation is 1. The third-order valence-corrected chi connectivity index (χ3v) is 1.93. The van der Waals surface area contributed by atoms with Gasteiger partial charge in [0, 0.05) is 6.07 Å². The Morgan fingerprint density at radius 2 is 2.00 bits per heavy atom. The number of ether oxygens (including phenoxy) is 1. The quantitative estimate of drug-likeness (QED) is 0.819. The second kappa shape index (κ2) is 4.69. The van der Waals surface area contributed by atoms with E-state index in [-0.39, 0.29) is 5.75 Å². The molecule has 6 heteroatoms. The standard InChI is InChI=1S/C10H10F4O2/c1-6-2-3-7(4-8(6)11)16-5-9(15)10(12,13)14/h2-4,9,15H,5H2,1H3. The Morgan fingerprint density at radius 1 is 1.38 bits per heavy atom. The van der Waals surface area contributed by atoms with Crippen molar-refractivity contribution < 1.29 is 27.4 Å². The molecule has 16 heavy (non-hydrogen) atoms. The van der Waals surface area contributed by atoms with E-state index in [0.717, 1.165) is 6.07 Å². The first-order valence-electron chi connectivity index (χ1n) is 4.44. The molecule has 1 aromatic carbocycles. The van der Waals surface area contributed by atoms with Crippen LogP contribution < -0.4 is 4.74 Å². The first-order valence-corrected chi connectivity index (χ1v) is 4.44. The zero-order valence-corrected chi connectivity index (χ0v) is 8.38. The highest BCUT2D eigenvalue weighted by atomic mass is 19.4. The average molecular weight is 238 g/mol. The third kappa shape index (κ3) is 3.37. The van der Waals surface area contributed by atoms with Gasteiger partial charge >= 0.3 is 6.18 Å². The van der Waals surface area contributed by atoms with Crippen molar-refractivity contribution in [3.63, 3.8) is 0 Å². The second-order valence-electron chi connectivity index (χ2n) is 3.28. The van der Waals surface area contributed by atoms with Gasteiger partial charge in [-0.15, -0.1) is 0 Å². The summed E-state index contributed by atoms with van der Waals surface area (Å²) in [5, 5.41) is 8.63. The van der Waals surface area contributed by atoms with Crippen LogP contribution in [-0.4, -0.2) is 24.0 Å². The summed E-state index contributed by atoms with van der Waals surface area (Å²) in [6.45, 7) is 0.565. The van der Waals surface area contributed by atoms with E-state index in [9.17, 15) is 17.6 Å². The molecule has 0 aromatic heterocycles. The zero-order chi connectivity index (χ0) is 12.3. The molecule has 0 heterocycles. The van der Waals surface area contributed by atoms with Crippen molar-refractivity contribution in [1.29, 1.82) is 0 Å². The summed E-state index contributed by atoms with van der Waals surface area (Å²) >= 11 is 0. The molecule has 1 aromatic rings. The van der Waals surface area contributed by atoms with Gasteiger partial charge in [0.1, 0.15) is 18.2 Å². The summed E-state index contributed by atoms with van der Waals surface area (Å²) in [5.74, 6) is -0.620. The number of benzene rings is 1. The normalized spacial score (nSPS) is 13.6. The number of aliphatic hydroxyl groups excluding tert-OH is 1. The lowest BCUT2D eigenvalue weighted by atomic mass is 10.2. The van der Waals surface area contributed by atoms with E-state index in [1.54, 1.807) is 0 Å². The van der Waals surface area contributed by atoms with E-state index in [2.05, 4.69) is 4.74 Å². The summed E-state index contributed by atoms with van der Waals surface area (Å²) in [6.07, 6.45) is -7.31. The lowest BCUT2D eigenvalue weighted by Gasteiger charge is -2.15. The maximum atomic E-state index is 13.0. The molecule has 0 bridgehead atoms. The molecule has 1 rings (SSSR count). The van der Waals surface area contributed by atoms with E-state index in [1.807, 2.05) is 0 Å². The number of halogens is 4. The molecule has 90 valence electrons. The smallest absolute Gasteiger partial charge is 0.417 e. The van der Waals surface area contributed by atoms with Gasteiger partial charge in [-0.1, -0.05) is 6.07 Å². The van der Waals surface area contributed by atoms with E-state index < -0.39 is 24.7 Å². The fourth-order valence-corrected chi connectivity index (χ4v) is 0.933. The molecule has 1 N–H and O–H groups in total. The topological polar surface area (TPSA) is 29.5 Å². The maximum absolute atomic E-state index is 13.0. The summed E-state index contributed by atoms with van der Waals surface area (Å²) in [5.41, 5.74) is 0.365. The number of aliphatic hydroxyl groups is 1. The Labute approximate surface area is 89.5 Å². The Kier molecular flexibility index (Phi) is 3.74. The minimum Gasteiger partial charge on any atom is -0.490 e. The molecule has 1 unspecified atom stereocenters. The summed E-state index contributed by atoms with van der Waals surface area (Å²) < 4.78 is 53.3. The summed E-state index contributed by atoms with van der Waals surface area (Å²) in [4.78, 5) is 0. The Bertz CT molecular complexity index is 362. The van der Waals surface area contributed by atoms with Crippen molar-refractivity contribution in [3.05, 3.63) is 29.6 Å². The number of alkyl halides is 3. The number of rotatable bonds is 3. The Balaban J connectivity index is 2.58. The van der Waals surface area contributed by atoms with Gasteiger partial charge in [-0.05, 0) is 18.6 Å². The lowest BCUT2D eigenvalue weighted by Crippen LogP contribution is -2.34. The lowest BCUT2D eigenvalue weighted by molar-refractivity contribution is -0.210. The molecule has 0 aliphatic carbocycles. The van der Waals surface area contributed by atoms with Gasteiger partial charge in [0.2, 0.25) is 0 Å². The minimum atomic E-state index is -4.73. The van der Waals surface area contributed by atoms with E-state index in [1.165, 1.54) is 19.1 Å². The fraction of sp³-hybridized carbons (Fsp3) is 0.400. The van der Waals surface area contributed by atoms with Gasteiger partial charge in [-0.25, -0.2) is 4.39 Å². The van der Waals surface area contributed by atoms with Crippen LogP contribution in [0.15, 0.2) is 18.2 Å². The number of hydrogen-bond acceptors (Lipinski definition) is 2. The van der Waals surface area contributed by atoms with Gasteiger partial charge in [-0.2, -0.15) is 13.2 Å². The van der Waals surface area contributed by atoms with Crippen LogP contribution in [0.1, 0.15) is 5.56 Å². The molecule has 1 atom stereocenters. The van der Waals surface area contributed by atoms with Crippen molar-refractivity contribution in [2.75, 3.05) is 6.61 Å². The zero-order valence-electron chi connectivity index (χ0n) is 8.38. The highest BCUT2D eigenvalue weighted by molar-refractivity contribution is 5.27. The molecule has 0 aliphatic heterocycles. The predicted molar refractivity (Wildman–Crippen MR) is 48.7 cm³/mol. The van der Waals surface area contributed by atoms with Gasteiger partial charge in [0.05, 0.1) is 0 Å².